The standard InChI is InChI=1S/C23H23ClN2O7/c1-5-30-20(28)23(21(29)31-6-2)19(26)22(11-25,12(3)4)18(33-23)15-10-32-16-8-7-13(24)9-14(16)17(15)27/h7-10,12,18,26H,5-6H2,1-4H3. The van der Waals surface area contributed by atoms with Gasteiger partial charge in [0.15, 0.2) is 5.43 Å². The Hall–Kier alpha value is -3.22. The fraction of sp³-hybridized carbons (Fsp3) is 0.435. The Kier molecular flexibility index (Phi) is 6.63. The van der Waals surface area contributed by atoms with Crippen LogP contribution in [0.4, 0.5) is 0 Å². The Morgan fingerprint density at radius 3 is 2.36 bits per heavy atom. The van der Waals surface area contributed by atoms with Crippen molar-refractivity contribution in [3.05, 3.63) is 45.3 Å². The first-order valence-electron chi connectivity index (χ1n) is 10.4. The van der Waals surface area contributed by atoms with Gasteiger partial charge in [0.2, 0.25) is 0 Å². The third-order valence-electron chi connectivity index (χ3n) is 5.74. The molecule has 2 atom stereocenters. The highest BCUT2D eigenvalue weighted by Crippen LogP contribution is 2.54. The number of nitrogens with zero attached hydrogens (tertiary/aromatic N) is 1. The number of hydrogen-bond donors (Lipinski definition) is 1. The molecule has 1 aromatic carbocycles. The zero-order chi connectivity index (χ0) is 24.6. The molecule has 1 aliphatic rings. The van der Waals surface area contributed by atoms with Crippen molar-refractivity contribution in [2.75, 3.05) is 13.2 Å². The van der Waals surface area contributed by atoms with Crippen LogP contribution in [0.15, 0.2) is 33.7 Å². The Bertz CT molecular complexity index is 1210. The molecule has 0 amide bonds. The maximum absolute atomic E-state index is 13.4. The van der Waals surface area contributed by atoms with Crippen LogP contribution in [-0.2, 0) is 23.8 Å². The van der Waals surface area contributed by atoms with E-state index < -0.39 is 46.1 Å². The van der Waals surface area contributed by atoms with Crippen LogP contribution in [0.2, 0.25) is 5.02 Å². The molecule has 1 N–H and O–H groups in total. The molecule has 0 spiro atoms. The molecule has 2 heterocycles. The molecule has 0 radical (unpaired) electrons. The van der Waals surface area contributed by atoms with Crippen molar-refractivity contribution >= 4 is 40.2 Å². The zero-order valence-electron chi connectivity index (χ0n) is 18.6. The molecule has 174 valence electrons. The van der Waals surface area contributed by atoms with E-state index in [1.165, 1.54) is 26.0 Å². The van der Waals surface area contributed by atoms with E-state index in [2.05, 4.69) is 0 Å². The molecule has 33 heavy (non-hydrogen) atoms. The normalized spacial score (nSPS) is 21.7. The Labute approximate surface area is 194 Å². The fourth-order valence-electron chi connectivity index (χ4n) is 4.04. The molecule has 0 saturated carbocycles. The Morgan fingerprint density at radius 1 is 1.24 bits per heavy atom. The molecule has 1 aromatic heterocycles. The van der Waals surface area contributed by atoms with E-state index in [9.17, 15) is 19.6 Å². The fourth-order valence-corrected chi connectivity index (χ4v) is 4.22. The predicted octanol–water partition coefficient (Wildman–Crippen LogP) is 3.57. The first-order chi connectivity index (χ1) is 15.6. The lowest BCUT2D eigenvalue weighted by Crippen LogP contribution is -2.56. The molecule has 0 bridgehead atoms. The molecule has 1 saturated heterocycles. The van der Waals surface area contributed by atoms with Gasteiger partial charge in [-0.25, -0.2) is 9.59 Å². The second-order valence-electron chi connectivity index (χ2n) is 7.79. The summed E-state index contributed by atoms with van der Waals surface area (Å²) in [6, 6.07) is 6.51. The molecule has 1 fully saturated rings. The molecule has 2 unspecified atom stereocenters. The van der Waals surface area contributed by atoms with E-state index in [0.29, 0.717) is 0 Å². The van der Waals surface area contributed by atoms with Crippen LogP contribution in [0.5, 0.6) is 0 Å². The number of hydrogen-bond acceptors (Lipinski definition) is 9. The summed E-state index contributed by atoms with van der Waals surface area (Å²) >= 11 is 6.04. The van der Waals surface area contributed by atoms with Crippen molar-refractivity contribution < 1.29 is 28.2 Å². The largest absolute Gasteiger partial charge is 0.464 e. The number of rotatable bonds is 6. The quantitative estimate of drug-likeness (QED) is 0.495. The summed E-state index contributed by atoms with van der Waals surface area (Å²) in [4.78, 5) is 39.4. The van der Waals surface area contributed by atoms with Gasteiger partial charge in [0.05, 0.1) is 35.9 Å². The number of nitriles is 1. The highest BCUT2D eigenvalue weighted by atomic mass is 35.5. The van der Waals surface area contributed by atoms with Crippen molar-refractivity contribution in [1.82, 2.24) is 0 Å². The van der Waals surface area contributed by atoms with Gasteiger partial charge in [-0.1, -0.05) is 25.4 Å². The van der Waals surface area contributed by atoms with E-state index in [1.54, 1.807) is 19.9 Å². The molecule has 1 aliphatic heterocycles. The molecular formula is C23H23ClN2O7. The van der Waals surface area contributed by atoms with Crippen LogP contribution >= 0.6 is 11.6 Å². The maximum Gasteiger partial charge on any atom is 0.356 e. The van der Waals surface area contributed by atoms with E-state index >= 15 is 0 Å². The van der Waals surface area contributed by atoms with Gasteiger partial charge >= 0.3 is 17.5 Å². The van der Waals surface area contributed by atoms with Crippen molar-refractivity contribution in [2.24, 2.45) is 11.3 Å². The molecular weight excluding hydrogens is 452 g/mol. The second-order valence-corrected chi connectivity index (χ2v) is 8.23. The number of esters is 2. The van der Waals surface area contributed by atoms with Gasteiger partial charge in [0.25, 0.3) is 0 Å². The minimum atomic E-state index is -2.65. The number of benzene rings is 1. The molecule has 3 rings (SSSR count). The topological polar surface area (TPSA) is 140 Å². The zero-order valence-corrected chi connectivity index (χ0v) is 19.3. The summed E-state index contributed by atoms with van der Waals surface area (Å²) in [6.07, 6.45) is -0.388. The lowest BCUT2D eigenvalue weighted by molar-refractivity contribution is -0.183. The van der Waals surface area contributed by atoms with Crippen LogP contribution in [0.1, 0.15) is 39.4 Å². The summed E-state index contributed by atoms with van der Waals surface area (Å²) in [5.74, 6) is -3.03. The number of ether oxygens (including phenoxy) is 3. The van der Waals surface area contributed by atoms with Crippen LogP contribution in [0, 0.1) is 28.1 Å². The first kappa shape index (κ1) is 24.4. The van der Waals surface area contributed by atoms with Gasteiger partial charge in [-0.3, -0.25) is 4.79 Å². The van der Waals surface area contributed by atoms with Gasteiger partial charge in [-0.15, -0.1) is 0 Å². The maximum atomic E-state index is 13.4. The summed E-state index contributed by atoms with van der Waals surface area (Å²) in [7, 11) is 0. The number of carbonyl (C=O) groups is 2. The van der Waals surface area contributed by atoms with E-state index in [-0.39, 0.29) is 34.8 Å². The lowest BCUT2D eigenvalue weighted by Gasteiger charge is -2.30. The van der Waals surface area contributed by atoms with Gasteiger partial charge in [-0.2, -0.15) is 5.26 Å². The average molecular weight is 475 g/mol. The van der Waals surface area contributed by atoms with Crippen LogP contribution < -0.4 is 5.43 Å². The van der Waals surface area contributed by atoms with Crippen LogP contribution in [-0.4, -0.2) is 36.5 Å². The van der Waals surface area contributed by atoms with E-state index in [4.69, 9.17) is 35.6 Å². The van der Waals surface area contributed by atoms with Crippen molar-refractivity contribution in [3.8, 4) is 6.07 Å². The van der Waals surface area contributed by atoms with Gasteiger partial charge in [-0.05, 0) is 38.0 Å². The monoisotopic (exact) mass is 474 g/mol. The lowest BCUT2D eigenvalue weighted by atomic mass is 9.67. The number of halogens is 1. The number of nitrogens with one attached hydrogen (secondary N) is 1. The van der Waals surface area contributed by atoms with Crippen LogP contribution in [0.25, 0.3) is 11.0 Å². The molecule has 10 heteroatoms. The van der Waals surface area contributed by atoms with Gasteiger partial charge in [0, 0.05) is 5.02 Å². The Morgan fingerprint density at radius 2 is 1.85 bits per heavy atom. The third-order valence-corrected chi connectivity index (χ3v) is 5.97. The van der Waals surface area contributed by atoms with Gasteiger partial charge in [0.1, 0.15) is 23.4 Å². The molecule has 9 nitrogen and oxygen atoms in total. The van der Waals surface area contributed by atoms with E-state index in [1.807, 2.05) is 6.07 Å². The van der Waals surface area contributed by atoms with Crippen molar-refractivity contribution in [1.29, 1.82) is 10.7 Å². The SMILES string of the molecule is CCOC(=O)C1(C(=O)OCC)OC(c2coc3ccc(Cl)cc3c2=O)C(C#N)(C(C)C)C1=N. The Balaban J connectivity index is 2.34. The molecule has 0 aliphatic carbocycles. The number of fused-ring (bicyclic) bond motifs is 1. The molecule has 2 aromatic rings. The first-order valence-corrected chi connectivity index (χ1v) is 10.7. The smallest absolute Gasteiger partial charge is 0.356 e. The summed E-state index contributed by atoms with van der Waals surface area (Å²) in [5.41, 5.74) is -5.64. The third kappa shape index (κ3) is 3.50. The predicted molar refractivity (Wildman–Crippen MR) is 118 cm³/mol. The highest BCUT2D eigenvalue weighted by Gasteiger charge is 2.72. The summed E-state index contributed by atoms with van der Waals surface area (Å²) in [6.45, 7) is 6.07. The minimum Gasteiger partial charge on any atom is -0.464 e. The van der Waals surface area contributed by atoms with E-state index in [0.717, 1.165) is 6.26 Å². The highest BCUT2D eigenvalue weighted by molar-refractivity contribution is 6.31. The van der Waals surface area contributed by atoms with Crippen LogP contribution in [0.3, 0.4) is 0 Å². The summed E-state index contributed by atoms with van der Waals surface area (Å²) < 4.78 is 21.6. The van der Waals surface area contributed by atoms with Crippen molar-refractivity contribution in [2.45, 2.75) is 39.4 Å². The summed E-state index contributed by atoms with van der Waals surface area (Å²) in [5, 5.41) is 19.5. The average Bonchev–Trinajstić information content (AvgIpc) is 3.05. The minimum absolute atomic E-state index is 0.112. The van der Waals surface area contributed by atoms with Crippen molar-refractivity contribution in [3.63, 3.8) is 0 Å². The number of carbonyl (C=O) groups excluding carboxylic acids is 2. The van der Waals surface area contributed by atoms with Gasteiger partial charge < -0.3 is 24.0 Å². The second kappa shape index (κ2) is 8.96.